The number of para-hydroxylation sites is 1. The van der Waals surface area contributed by atoms with Gasteiger partial charge in [0.1, 0.15) is 0 Å². The van der Waals surface area contributed by atoms with Gasteiger partial charge in [-0.2, -0.15) is 0 Å². The molecule has 4 rings (SSSR count). The molecule has 1 atom stereocenters. The van der Waals surface area contributed by atoms with Crippen molar-refractivity contribution >= 4 is 11.3 Å². The second kappa shape index (κ2) is 2.70. The summed E-state index contributed by atoms with van der Waals surface area (Å²) in [7, 11) is 0. The second-order valence-electron chi connectivity index (χ2n) is 4.09. The van der Waals surface area contributed by atoms with E-state index < -0.39 is 0 Å². The Morgan fingerprint density at radius 3 is 3.12 bits per heavy atom. The highest BCUT2D eigenvalue weighted by molar-refractivity contribution is 5.92. The normalized spacial score (nSPS) is 23.8. The van der Waals surface area contributed by atoms with Crippen molar-refractivity contribution in [2.75, 3.05) is 5.32 Å². The molecule has 16 heavy (non-hydrogen) atoms. The molecular formula is C13H10N2O. The summed E-state index contributed by atoms with van der Waals surface area (Å²) in [5.41, 5.74) is 7.57. The van der Waals surface area contributed by atoms with E-state index in [0.717, 1.165) is 11.3 Å². The van der Waals surface area contributed by atoms with Crippen LogP contribution in [-0.4, -0.2) is 6.04 Å². The summed E-state index contributed by atoms with van der Waals surface area (Å²) < 4.78 is 0. The van der Waals surface area contributed by atoms with Crippen molar-refractivity contribution in [3.8, 4) is 0 Å². The van der Waals surface area contributed by atoms with Crippen LogP contribution in [0.3, 0.4) is 0 Å². The number of hydrogen-bond donors (Lipinski definition) is 2. The zero-order valence-corrected chi connectivity index (χ0v) is 8.53. The lowest BCUT2D eigenvalue weighted by Crippen LogP contribution is -2.16. The number of rotatable bonds is 0. The van der Waals surface area contributed by atoms with Crippen LogP contribution in [0.15, 0.2) is 53.9 Å². The van der Waals surface area contributed by atoms with E-state index in [-0.39, 0.29) is 6.04 Å². The van der Waals surface area contributed by atoms with Gasteiger partial charge in [-0.3, -0.25) is 0 Å². The molecule has 0 fully saturated rings. The van der Waals surface area contributed by atoms with Gasteiger partial charge in [0, 0.05) is 28.6 Å². The third-order valence-electron chi connectivity index (χ3n) is 3.19. The Morgan fingerprint density at radius 2 is 2.12 bits per heavy atom. The lowest BCUT2D eigenvalue weighted by atomic mass is 9.93. The summed E-state index contributed by atoms with van der Waals surface area (Å²) in [4.78, 5) is 5.47. The van der Waals surface area contributed by atoms with E-state index in [1.165, 1.54) is 16.8 Å². The van der Waals surface area contributed by atoms with Gasteiger partial charge in [0.25, 0.3) is 0 Å². The number of hydroxylamine groups is 1. The molecule has 0 spiro atoms. The highest BCUT2D eigenvalue weighted by atomic mass is 16.7. The highest BCUT2D eigenvalue weighted by Gasteiger charge is 2.33. The molecule has 1 aliphatic carbocycles. The molecule has 0 radical (unpaired) electrons. The molecule has 3 aliphatic rings. The molecule has 3 heteroatoms. The summed E-state index contributed by atoms with van der Waals surface area (Å²) in [6, 6.07) is 8.57. The Balaban J connectivity index is 2.00. The fraction of sp³-hybridized carbons (Fsp3) is 0.0769. The van der Waals surface area contributed by atoms with Crippen LogP contribution in [0.4, 0.5) is 5.69 Å². The van der Waals surface area contributed by atoms with Crippen LogP contribution in [0.1, 0.15) is 5.56 Å². The monoisotopic (exact) mass is 210 g/mol. The van der Waals surface area contributed by atoms with Gasteiger partial charge in [-0.1, -0.05) is 30.4 Å². The molecule has 2 N–H and O–H groups in total. The van der Waals surface area contributed by atoms with Crippen LogP contribution < -0.4 is 10.8 Å². The van der Waals surface area contributed by atoms with Crippen LogP contribution >= 0.6 is 0 Å². The van der Waals surface area contributed by atoms with Crippen molar-refractivity contribution < 1.29 is 4.84 Å². The Hall–Kier alpha value is -2.16. The van der Waals surface area contributed by atoms with Crippen LogP contribution in [0.2, 0.25) is 0 Å². The van der Waals surface area contributed by atoms with Crippen molar-refractivity contribution in [1.82, 2.24) is 5.48 Å². The van der Waals surface area contributed by atoms with Gasteiger partial charge < -0.3 is 10.2 Å². The molecule has 2 heterocycles. The summed E-state index contributed by atoms with van der Waals surface area (Å²) in [6.45, 7) is 0. The van der Waals surface area contributed by atoms with E-state index in [0.29, 0.717) is 0 Å². The van der Waals surface area contributed by atoms with Crippen molar-refractivity contribution in [3.63, 3.8) is 0 Å². The van der Waals surface area contributed by atoms with E-state index in [1.54, 1.807) is 0 Å². The predicted molar refractivity (Wildman–Crippen MR) is 62.2 cm³/mol. The quantitative estimate of drug-likeness (QED) is 0.688. The molecular weight excluding hydrogens is 200 g/mol. The molecule has 3 nitrogen and oxygen atoms in total. The number of anilines is 1. The third-order valence-corrected chi connectivity index (χ3v) is 3.19. The second-order valence-corrected chi connectivity index (χ2v) is 4.09. The SMILES string of the molecule is C1=CC2Nc3ccccc3C2=C2ONC=C12. The van der Waals surface area contributed by atoms with E-state index in [9.17, 15) is 0 Å². The molecule has 0 aromatic heterocycles. The largest absolute Gasteiger partial charge is 0.382 e. The first-order chi connectivity index (χ1) is 7.93. The number of hydrogen-bond acceptors (Lipinski definition) is 3. The minimum absolute atomic E-state index is 0.240. The van der Waals surface area contributed by atoms with Crippen molar-refractivity contribution in [1.29, 1.82) is 0 Å². The van der Waals surface area contributed by atoms with Gasteiger partial charge in [-0.15, -0.1) is 0 Å². The minimum atomic E-state index is 0.240. The van der Waals surface area contributed by atoms with E-state index in [4.69, 9.17) is 4.84 Å². The highest BCUT2D eigenvalue weighted by Crippen LogP contribution is 2.42. The zero-order chi connectivity index (χ0) is 10.5. The molecule has 1 aromatic carbocycles. The summed E-state index contributed by atoms with van der Waals surface area (Å²) >= 11 is 0. The van der Waals surface area contributed by atoms with E-state index in [2.05, 4.69) is 41.1 Å². The molecule has 1 unspecified atom stereocenters. The maximum Gasteiger partial charge on any atom is 0.170 e. The maximum absolute atomic E-state index is 5.47. The predicted octanol–water partition coefficient (Wildman–Crippen LogP) is 2.18. The van der Waals surface area contributed by atoms with E-state index in [1.807, 2.05) is 12.3 Å². The average Bonchev–Trinajstić information content (AvgIpc) is 2.91. The van der Waals surface area contributed by atoms with Gasteiger partial charge in [-0.05, 0) is 6.07 Å². The van der Waals surface area contributed by atoms with Crippen LogP contribution in [0, 0.1) is 0 Å². The first-order valence-electron chi connectivity index (χ1n) is 5.35. The lowest BCUT2D eigenvalue weighted by Gasteiger charge is -2.15. The Bertz CT molecular complexity index is 569. The number of fused-ring (bicyclic) bond motifs is 4. The van der Waals surface area contributed by atoms with Crippen molar-refractivity contribution in [2.24, 2.45) is 0 Å². The third kappa shape index (κ3) is 0.877. The van der Waals surface area contributed by atoms with Crippen LogP contribution in [0.5, 0.6) is 0 Å². The number of benzene rings is 1. The van der Waals surface area contributed by atoms with Gasteiger partial charge in [0.05, 0.1) is 6.04 Å². The lowest BCUT2D eigenvalue weighted by molar-refractivity contribution is 0.171. The van der Waals surface area contributed by atoms with Gasteiger partial charge in [0.15, 0.2) is 5.76 Å². The standard InChI is InChI=1S/C13H10N2O/c1-2-4-10-9(3-1)12-11(15-10)6-5-8-7-14-16-13(8)12/h1-7,11,14-15H. The van der Waals surface area contributed by atoms with Crippen LogP contribution in [-0.2, 0) is 4.84 Å². The molecule has 2 aliphatic heterocycles. The van der Waals surface area contributed by atoms with Crippen molar-refractivity contribution in [2.45, 2.75) is 6.04 Å². The number of nitrogens with one attached hydrogen (secondary N) is 2. The number of allylic oxidation sites excluding steroid dienone is 1. The van der Waals surface area contributed by atoms with E-state index >= 15 is 0 Å². The average molecular weight is 210 g/mol. The molecule has 78 valence electrons. The fourth-order valence-electron chi connectivity index (χ4n) is 2.47. The van der Waals surface area contributed by atoms with Crippen LogP contribution in [0.25, 0.3) is 5.57 Å². The molecule has 0 saturated heterocycles. The topological polar surface area (TPSA) is 33.3 Å². The minimum Gasteiger partial charge on any atom is -0.382 e. The maximum atomic E-state index is 5.47. The molecule has 1 aromatic rings. The Labute approximate surface area is 93.1 Å². The first-order valence-corrected chi connectivity index (χ1v) is 5.35. The Kier molecular flexibility index (Phi) is 1.36. The molecule has 0 saturated carbocycles. The summed E-state index contributed by atoms with van der Waals surface area (Å²) in [5, 5.41) is 3.47. The summed E-state index contributed by atoms with van der Waals surface area (Å²) in [5.74, 6) is 0.949. The molecule has 0 bridgehead atoms. The van der Waals surface area contributed by atoms with Gasteiger partial charge >= 0.3 is 0 Å². The zero-order valence-electron chi connectivity index (χ0n) is 8.53. The Morgan fingerprint density at radius 1 is 1.19 bits per heavy atom. The summed E-state index contributed by atoms with van der Waals surface area (Å²) in [6.07, 6.45) is 6.14. The molecule has 0 amide bonds. The fourth-order valence-corrected chi connectivity index (χ4v) is 2.47. The van der Waals surface area contributed by atoms with Gasteiger partial charge in [0.2, 0.25) is 0 Å². The first kappa shape index (κ1) is 8.05. The smallest absolute Gasteiger partial charge is 0.170 e. The van der Waals surface area contributed by atoms with Crippen molar-refractivity contribution in [3.05, 3.63) is 59.5 Å². The van der Waals surface area contributed by atoms with Gasteiger partial charge in [-0.25, -0.2) is 5.48 Å².